The SMILES string of the molecule is FC(F)(F)c1[nH]nc2ccc(I)cc12. The van der Waals surface area contributed by atoms with E-state index in [0.29, 0.717) is 5.52 Å². The molecule has 0 saturated heterocycles. The van der Waals surface area contributed by atoms with Crippen molar-refractivity contribution in [3.63, 3.8) is 0 Å². The monoisotopic (exact) mass is 312 g/mol. The van der Waals surface area contributed by atoms with Crippen molar-refractivity contribution in [2.45, 2.75) is 6.18 Å². The van der Waals surface area contributed by atoms with Gasteiger partial charge in [-0.25, -0.2) is 0 Å². The number of aromatic amines is 1. The molecule has 1 heterocycles. The zero-order valence-electron chi connectivity index (χ0n) is 6.69. The third kappa shape index (κ3) is 1.58. The van der Waals surface area contributed by atoms with Gasteiger partial charge in [-0.1, -0.05) is 0 Å². The van der Waals surface area contributed by atoms with Crippen LogP contribution in [0.2, 0.25) is 0 Å². The number of aromatic nitrogens is 2. The van der Waals surface area contributed by atoms with Crippen LogP contribution < -0.4 is 0 Å². The fourth-order valence-corrected chi connectivity index (χ4v) is 1.69. The van der Waals surface area contributed by atoms with E-state index in [1.165, 1.54) is 6.07 Å². The maximum absolute atomic E-state index is 12.4. The van der Waals surface area contributed by atoms with Gasteiger partial charge in [-0.2, -0.15) is 18.3 Å². The van der Waals surface area contributed by atoms with E-state index in [1.54, 1.807) is 12.1 Å². The zero-order chi connectivity index (χ0) is 10.3. The van der Waals surface area contributed by atoms with Gasteiger partial charge in [-0.3, -0.25) is 5.10 Å². The number of halogens is 4. The summed E-state index contributed by atoms with van der Waals surface area (Å²) in [6, 6.07) is 4.73. The van der Waals surface area contributed by atoms with Crippen LogP contribution in [-0.2, 0) is 6.18 Å². The predicted molar refractivity (Wildman–Crippen MR) is 53.8 cm³/mol. The summed E-state index contributed by atoms with van der Waals surface area (Å²) in [5.74, 6) is 0. The van der Waals surface area contributed by atoms with Crippen molar-refractivity contribution in [3.05, 3.63) is 27.5 Å². The molecular formula is C8H4F3IN2. The summed E-state index contributed by atoms with van der Waals surface area (Å²) in [5.41, 5.74) is -0.455. The largest absolute Gasteiger partial charge is 0.433 e. The second-order valence-electron chi connectivity index (χ2n) is 2.76. The van der Waals surface area contributed by atoms with Gasteiger partial charge >= 0.3 is 6.18 Å². The maximum Gasteiger partial charge on any atom is 0.433 e. The molecule has 2 rings (SSSR count). The Morgan fingerprint density at radius 3 is 2.64 bits per heavy atom. The molecule has 2 aromatic rings. The predicted octanol–water partition coefficient (Wildman–Crippen LogP) is 3.19. The highest BCUT2D eigenvalue weighted by Gasteiger charge is 2.34. The molecule has 0 radical (unpaired) electrons. The summed E-state index contributed by atoms with van der Waals surface area (Å²) in [4.78, 5) is 0. The minimum absolute atomic E-state index is 0.115. The molecule has 0 unspecified atom stereocenters. The molecule has 6 heteroatoms. The lowest BCUT2D eigenvalue weighted by Gasteiger charge is -2.02. The summed E-state index contributed by atoms with van der Waals surface area (Å²) < 4.78 is 38.0. The van der Waals surface area contributed by atoms with Crippen LogP contribution in [0.15, 0.2) is 18.2 Å². The number of alkyl halides is 3. The molecule has 0 spiro atoms. The molecule has 1 aromatic heterocycles. The third-order valence-corrected chi connectivity index (χ3v) is 2.47. The lowest BCUT2D eigenvalue weighted by Crippen LogP contribution is -2.05. The molecule has 74 valence electrons. The van der Waals surface area contributed by atoms with Gasteiger partial charge in [-0.15, -0.1) is 0 Å². The lowest BCUT2D eigenvalue weighted by atomic mass is 10.2. The molecule has 0 atom stereocenters. The number of hydrogen-bond acceptors (Lipinski definition) is 1. The Hall–Kier alpha value is -0.790. The maximum atomic E-state index is 12.4. The van der Waals surface area contributed by atoms with E-state index in [2.05, 4.69) is 5.10 Å². The Kier molecular flexibility index (Phi) is 2.17. The van der Waals surface area contributed by atoms with Gasteiger partial charge in [0.2, 0.25) is 0 Å². The molecule has 14 heavy (non-hydrogen) atoms. The van der Waals surface area contributed by atoms with Crippen LogP contribution in [0.25, 0.3) is 10.9 Å². The number of hydrogen-bond donors (Lipinski definition) is 1. The summed E-state index contributed by atoms with van der Waals surface area (Å²) in [5, 5.41) is 5.70. The molecule has 0 fully saturated rings. The molecule has 0 aliphatic heterocycles. The quantitative estimate of drug-likeness (QED) is 0.744. The van der Waals surface area contributed by atoms with E-state index in [0.717, 1.165) is 3.57 Å². The normalized spacial score (nSPS) is 12.3. The highest BCUT2D eigenvalue weighted by molar-refractivity contribution is 14.1. The van der Waals surface area contributed by atoms with Gasteiger partial charge in [0.1, 0.15) is 5.69 Å². The minimum Gasteiger partial charge on any atom is -0.272 e. The molecule has 1 aromatic carbocycles. The van der Waals surface area contributed by atoms with Crippen molar-refractivity contribution in [1.29, 1.82) is 0 Å². The Labute approximate surface area is 90.6 Å². The lowest BCUT2D eigenvalue weighted by molar-refractivity contribution is -0.139. The van der Waals surface area contributed by atoms with Crippen LogP contribution >= 0.6 is 22.6 Å². The van der Waals surface area contributed by atoms with Crippen LogP contribution in [0.1, 0.15) is 5.69 Å². The average Bonchev–Trinajstić information content (AvgIpc) is 2.45. The highest BCUT2D eigenvalue weighted by atomic mass is 127. The summed E-state index contributed by atoms with van der Waals surface area (Å²) in [6.07, 6.45) is -4.38. The average molecular weight is 312 g/mol. The number of rotatable bonds is 0. The summed E-state index contributed by atoms with van der Waals surface area (Å²) in [7, 11) is 0. The Morgan fingerprint density at radius 1 is 1.29 bits per heavy atom. The first kappa shape index (κ1) is 9.75. The van der Waals surface area contributed by atoms with E-state index < -0.39 is 11.9 Å². The topological polar surface area (TPSA) is 28.7 Å². The fourth-order valence-electron chi connectivity index (χ4n) is 1.20. The molecule has 0 aliphatic rings. The van der Waals surface area contributed by atoms with Crippen molar-refractivity contribution in [1.82, 2.24) is 10.2 Å². The molecule has 0 bridgehead atoms. The van der Waals surface area contributed by atoms with Crippen LogP contribution in [-0.4, -0.2) is 10.2 Å². The van der Waals surface area contributed by atoms with Gasteiger partial charge in [0.05, 0.1) is 5.52 Å². The van der Waals surface area contributed by atoms with Gasteiger partial charge in [0, 0.05) is 8.96 Å². The molecule has 1 N–H and O–H groups in total. The van der Waals surface area contributed by atoms with Crippen LogP contribution in [0, 0.1) is 3.57 Å². The summed E-state index contributed by atoms with van der Waals surface area (Å²) in [6.45, 7) is 0. The highest BCUT2D eigenvalue weighted by Crippen LogP contribution is 2.33. The molecule has 0 aliphatic carbocycles. The van der Waals surface area contributed by atoms with E-state index in [-0.39, 0.29) is 5.39 Å². The first-order valence-electron chi connectivity index (χ1n) is 3.69. The molecular weight excluding hydrogens is 308 g/mol. The molecule has 0 amide bonds. The van der Waals surface area contributed by atoms with Gasteiger partial charge in [-0.05, 0) is 40.8 Å². The van der Waals surface area contributed by atoms with Crippen molar-refractivity contribution in [2.75, 3.05) is 0 Å². The van der Waals surface area contributed by atoms with Gasteiger partial charge < -0.3 is 0 Å². The first-order chi connectivity index (χ1) is 6.48. The Bertz CT molecular complexity index is 475. The molecule has 2 nitrogen and oxygen atoms in total. The van der Waals surface area contributed by atoms with E-state index >= 15 is 0 Å². The van der Waals surface area contributed by atoms with Gasteiger partial charge in [0.15, 0.2) is 0 Å². The second-order valence-corrected chi connectivity index (χ2v) is 4.00. The van der Waals surface area contributed by atoms with Crippen LogP contribution in [0.5, 0.6) is 0 Å². The fraction of sp³-hybridized carbons (Fsp3) is 0.125. The second kappa shape index (κ2) is 3.11. The summed E-state index contributed by atoms with van der Waals surface area (Å²) >= 11 is 1.96. The smallest absolute Gasteiger partial charge is 0.272 e. The number of nitrogens with zero attached hydrogens (tertiary/aromatic N) is 1. The van der Waals surface area contributed by atoms with Crippen molar-refractivity contribution in [3.8, 4) is 0 Å². The number of fused-ring (bicyclic) bond motifs is 1. The van der Waals surface area contributed by atoms with E-state index in [4.69, 9.17) is 0 Å². The number of benzene rings is 1. The first-order valence-corrected chi connectivity index (χ1v) is 4.77. The van der Waals surface area contributed by atoms with E-state index in [9.17, 15) is 13.2 Å². The van der Waals surface area contributed by atoms with E-state index in [1.807, 2.05) is 27.7 Å². The Balaban J connectivity index is 2.73. The van der Waals surface area contributed by atoms with Crippen LogP contribution in [0.3, 0.4) is 0 Å². The van der Waals surface area contributed by atoms with Crippen molar-refractivity contribution < 1.29 is 13.2 Å². The minimum atomic E-state index is -4.38. The number of H-pyrrole nitrogens is 1. The van der Waals surface area contributed by atoms with Crippen molar-refractivity contribution in [2.24, 2.45) is 0 Å². The van der Waals surface area contributed by atoms with Crippen LogP contribution in [0.4, 0.5) is 13.2 Å². The zero-order valence-corrected chi connectivity index (χ0v) is 8.85. The van der Waals surface area contributed by atoms with Gasteiger partial charge in [0.25, 0.3) is 0 Å². The Morgan fingerprint density at radius 2 is 2.00 bits per heavy atom. The molecule has 0 saturated carbocycles. The van der Waals surface area contributed by atoms with Crippen molar-refractivity contribution >= 4 is 33.5 Å². The standard InChI is InChI=1S/C8H4F3IN2/c9-8(10,11)7-5-3-4(12)1-2-6(5)13-14-7/h1-3H,(H,13,14). The third-order valence-electron chi connectivity index (χ3n) is 1.80. The number of nitrogens with one attached hydrogen (secondary N) is 1.